The number of likely N-dealkylation sites (tertiary alicyclic amines) is 1. The number of rotatable bonds is 6. The molecule has 0 atom stereocenters. The number of carbonyl (C=O) groups excluding carboxylic acids is 2. The van der Waals surface area contributed by atoms with E-state index in [1.165, 1.54) is 0 Å². The Morgan fingerprint density at radius 3 is 2.10 bits per heavy atom. The lowest BCUT2D eigenvalue weighted by molar-refractivity contribution is -0.121. The summed E-state index contributed by atoms with van der Waals surface area (Å²) in [5, 5.41) is 2.98. The first-order valence-corrected chi connectivity index (χ1v) is 10.7. The summed E-state index contributed by atoms with van der Waals surface area (Å²) in [5.41, 5.74) is 1.33. The molecular weight excluding hydrogens is 388 g/mol. The third-order valence-electron chi connectivity index (χ3n) is 5.11. The predicted octanol–water partition coefficient (Wildman–Crippen LogP) is 3.92. The fourth-order valence-corrected chi connectivity index (χ4v) is 3.79. The van der Waals surface area contributed by atoms with Crippen molar-refractivity contribution in [2.75, 3.05) is 38.9 Å². The maximum Gasteiger partial charge on any atom is 0.254 e. The molecule has 0 spiro atoms. The van der Waals surface area contributed by atoms with Crippen molar-refractivity contribution in [1.82, 2.24) is 4.90 Å². The molecule has 1 heterocycles. The molecule has 2 aromatic rings. The van der Waals surface area contributed by atoms with Gasteiger partial charge in [-0.2, -0.15) is 0 Å². The van der Waals surface area contributed by atoms with Crippen molar-refractivity contribution >= 4 is 29.3 Å². The lowest BCUT2D eigenvalue weighted by atomic mass is 9.95. The summed E-state index contributed by atoms with van der Waals surface area (Å²) in [4.78, 5) is 28.4. The zero-order valence-electron chi connectivity index (χ0n) is 16.9. The van der Waals surface area contributed by atoms with Gasteiger partial charge in [-0.05, 0) is 55.5 Å². The van der Waals surface area contributed by atoms with Gasteiger partial charge < -0.3 is 19.7 Å². The standard InChI is InChI=1S/C22H26N2O4S/c1-27-18-12-16(13-19(14-18)28-2)22(26)24-10-8-15(9-11-24)21(25)23-17-4-6-20(29-3)7-5-17/h4-7,12-15H,8-11H2,1-3H3,(H,23,25). The summed E-state index contributed by atoms with van der Waals surface area (Å²) in [6.45, 7) is 1.09. The molecule has 0 aliphatic carbocycles. The highest BCUT2D eigenvalue weighted by atomic mass is 32.2. The van der Waals surface area contributed by atoms with E-state index in [2.05, 4.69) is 5.32 Å². The Morgan fingerprint density at radius 1 is 1.00 bits per heavy atom. The maximum atomic E-state index is 12.9. The van der Waals surface area contributed by atoms with Crippen molar-refractivity contribution in [3.8, 4) is 11.5 Å². The fraction of sp³-hybridized carbons (Fsp3) is 0.364. The van der Waals surface area contributed by atoms with Crippen molar-refractivity contribution in [3.63, 3.8) is 0 Å². The van der Waals surface area contributed by atoms with E-state index in [-0.39, 0.29) is 17.7 Å². The van der Waals surface area contributed by atoms with E-state index in [4.69, 9.17) is 9.47 Å². The average molecular weight is 415 g/mol. The van der Waals surface area contributed by atoms with Gasteiger partial charge in [0.1, 0.15) is 11.5 Å². The van der Waals surface area contributed by atoms with Crippen LogP contribution in [0.4, 0.5) is 5.69 Å². The first kappa shape index (κ1) is 21.0. The number of piperidine rings is 1. The van der Waals surface area contributed by atoms with Crippen molar-refractivity contribution in [3.05, 3.63) is 48.0 Å². The largest absolute Gasteiger partial charge is 0.497 e. The number of hydrogen-bond donors (Lipinski definition) is 1. The zero-order chi connectivity index (χ0) is 20.8. The van der Waals surface area contributed by atoms with Gasteiger partial charge in [-0.15, -0.1) is 11.8 Å². The van der Waals surface area contributed by atoms with Gasteiger partial charge in [-0.25, -0.2) is 0 Å². The smallest absolute Gasteiger partial charge is 0.254 e. The molecule has 0 aromatic heterocycles. The van der Waals surface area contributed by atoms with E-state index in [1.54, 1.807) is 49.1 Å². The maximum absolute atomic E-state index is 12.9. The molecule has 1 N–H and O–H groups in total. The molecule has 6 nitrogen and oxygen atoms in total. The van der Waals surface area contributed by atoms with Crippen molar-refractivity contribution in [2.45, 2.75) is 17.7 Å². The van der Waals surface area contributed by atoms with Crippen molar-refractivity contribution < 1.29 is 19.1 Å². The molecule has 0 bridgehead atoms. The normalized spacial score (nSPS) is 14.4. The number of carbonyl (C=O) groups is 2. The third-order valence-corrected chi connectivity index (χ3v) is 5.85. The predicted molar refractivity (Wildman–Crippen MR) is 115 cm³/mol. The molecule has 1 aliphatic rings. The minimum absolute atomic E-state index is 0.0112. The Bertz CT molecular complexity index is 839. The second-order valence-corrected chi connectivity index (χ2v) is 7.77. The first-order valence-electron chi connectivity index (χ1n) is 9.51. The number of anilines is 1. The summed E-state index contributed by atoms with van der Waals surface area (Å²) in [6.07, 6.45) is 3.30. The number of hydrogen-bond acceptors (Lipinski definition) is 5. The van der Waals surface area contributed by atoms with Crippen molar-refractivity contribution in [2.24, 2.45) is 5.92 Å². The van der Waals surface area contributed by atoms with Gasteiger partial charge in [0, 0.05) is 41.2 Å². The van der Waals surface area contributed by atoms with Crippen LogP contribution in [0.25, 0.3) is 0 Å². The summed E-state index contributed by atoms with van der Waals surface area (Å²) < 4.78 is 10.5. The van der Waals surface area contributed by atoms with E-state index >= 15 is 0 Å². The minimum Gasteiger partial charge on any atom is -0.497 e. The number of benzene rings is 2. The average Bonchev–Trinajstić information content (AvgIpc) is 2.78. The Hall–Kier alpha value is -2.67. The Balaban J connectivity index is 1.58. The number of nitrogens with zero attached hydrogens (tertiary/aromatic N) is 1. The second kappa shape index (κ2) is 9.69. The van der Waals surface area contributed by atoms with Gasteiger partial charge in [0.05, 0.1) is 14.2 Å². The second-order valence-electron chi connectivity index (χ2n) is 6.89. The summed E-state index contributed by atoms with van der Waals surface area (Å²) >= 11 is 1.66. The van der Waals surface area contributed by atoms with Crippen LogP contribution >= 0.6 is 11.8 Å². The topological polar surface area (TPSA) is 67.9 Å². The molecule has 2 amide bonds. The van der Waals surface area contributed by atoms with E-state index in [0.717, 1.165) is 10.6 Å². The zero-order valence-corrected chi connectivity index (χ0v) is 17.8. The Kier molecular flexibility index (Phi) is 7.04. The molecule has 3 rings (SSSR count). The molecule has 2 aromatic carbocycles. The lowest BCUT2D eigenvalue weighted by Crippen LogP contribution is -2.41. The highest BCUT2D eigenvalue weighted by molar-refractivity contribution is 7.98. The highest BCUT2D eigenvalue weighted by Gasteiger charge is 2.28. The molecular formula is C22H26N2O4S. The highest BCUT2D eigenvalue weighted by Crippen LogP contribution is 2.26. The van der Waals surface area contributed by atoms with Gasteiger partial charge in [0.25, 0.3) is 5.91 Å². The van der Waals surface area contributed by atoms with Crippen LogP contribution in [-0.4, -0.2) is 50.3 Å². The molecule has 1 aliphatic heterocycles. The SMILES string of the molecule is COc1cc(OC)cc(C(=O)N2CCC(C(=O)Nc3ccc(SC)cc3)CC2)c1. The molecule has 0 unspecified atom stereocenters. The quantitative estimate of drug-likeness (QED) is 0.726. The van der Waals surface area contributed by atoms with Gasteiger partial charge >= 0.3 is 0 Å². The van der Waals surface area contributed by atoms with Crippen LogP contribution in [0.5, 0.6) is 11.5 Å². The van der Waals surface area contributed by atoms with Gasteiger partial charge in [-0.1, -0.05) is 0 Å². The number of nitrogens with one attached hydrogen (secondary N) is 1. The van der Waals surface area contributed by atoms with Crippen LogP contribution < -0.4 is 14.8 Å². The minimum atomic E-state index is -0.0980. The number of amides is 2. The van der Waals surface area contributed by atoms with E-state index in [0.29, 0.717) is 43.0 Å². The van der Waals surface area contributed by atoms with E-state index in [1.807, 2.05) is 30.5 Å². The Morgan fingerprint density at radius 2 is 1.59 bits per heavy atom. The van der Waals surface area contributed by atoms with Crippen LogP contribution in [0.1, 0.15) is 23.2 Å². The monoisotopic (exact) mass is 414 g/mol. The molecule has 7 heteroatoms. The fourth-order valence-electron chi connectivity index (χ4n) is 3.38. The van der Waals surface area contributed by atoms with Crippen molar-refractivity contribution in [1.29, 1.82) is 0 Å². The molecule has 29 heavy (non-hydrogen) atoms. The van der Waals surface area contributed by atoms with Crippen LogP contribution in [0.15, 0.2) is 47.4 Å². The van der Waals surface area contributed by atoms with Crippen LogP contribution in [-0.2, 0) is 4.79 Å². The summed E-state index contributed by atoms with van der Waals surface area (Å²) in [7, 11) is 3.11. The number of methoxy groups -OCH3 is 2. The van der Waals surface area contributed by atoms with Crippen LogP contribution in [0.3, 0.4) is 0 Å². The molecule has 1 fully saturated rings. The lowest BCUT2D eigenvalue weighted by Gasteiger charge is -2.31. The van der Waals surface area contributed by atoms with Gasteiger partial charge in [0.2, 0.25) is 5.91 Å². The summed E-state index contributed by atoms with van der Waals surface area (Å²) in [5.74, 6) is 0.994. The third kappa shape index (κ3) is 5.23. The Labute approximate surface area is 175 Å². The van der Waals surface area contributed by atoms with Crippen LogP contribution in [0.2, 0.25) is 0 Å². The number of ether oxygens (including phenoxy) is 2. The number of thioether (sulfide) groups is 1. The summed E-state index contributed by atoms with van der Waals surface area (Å²) in [6, 6.07) is 13.0. The molecule has 154 valence electrons. The van der Waals surface area contributed by atoms with E-state index < -0.39 is 0 Å². The molecule has 0 radical (unpaired) electrons. The van der Waals surface area contributed by atoms with Gasteiger partial charge in [-0.3, -0.25) is 9.59 Å². The van der Waals surface area contributed by atoms with E-state index in [9.17, 15) is 9.59 Å². The molecule has 0 saturated carbocycles. The van der Waals surface area contributed by atoms with Crippen LogP contribution in [0, 0.1) is 5.92 Å². The molecule has 1 saturated heterocycles. The first-order chi connectivity index (χ1) is 14.0. The van der Waals surface area contributed by atoms with Gasteiger partial charge in [0.15, 0.2) is 0 Å².